The first-order chi connectivity index (χ1) is 13.1. The van der Waals surface area contributed by atoms with Crippen LogP contribution >= 0.6 is 11.6 Å². The Balaban J connectivity index is 2.02. The molecule has 1 aliphatic rings. The lowest BCUT2D eigenvalue weighted by molar-refractivity contribution is -0.129. The molecule has 2 rings (SSSR count). The maximum absolute atomic E-state index is 12.4. The van der Waals surface area contributed by atoms with Gasteiger partial charge in [-0.3, -0.25) is 4.79 Å². The summed E-state index contributed by atoms with van der Waals surface area (Å²) in [5.41, 5.74) is -0.100. The SMILES string of the molecule is CC(OC(=O)c1cc(S(=O)(=O)N(C)C)ccc1Cl)C(=O)NCC1CCCCC1. The van der Waals surface area contributed by atoms with Gasteiger partial charge in [0.2, 0.25) is 10.0 Å². The zero-order valence-corrected chi connectivity index (χ0v) is 18.0. The van der Waals surface area contributed by atoms with Crippen molar-refractivity contribution in [1.82, 2.24) is 9.62 Å². The number of sulfonamides is 1. The van der Waals surface area contributed by atoms with Crippen LogP contribution in [0.5, 0.6) is 0 Å². The lowest BCUT2D eigenvalue weighted by Gasteiger charge is -2.22. The van der Waals surface area contributed by atoms with Gasteiger partial charge in [0.15, 0.2) is 6.10 Å². The molecule has 1 atom stereocenters. The highest BCUT2D eigenvalue weighted by Crippen LogP contribution is 2.24. The quantitative estimate of drug-likeness (QED) is 0.671. The molecule has 1 N–H and O–H groups in total. The Bertz CT molecular complexity index is 820. The Morgan fingerprint density at radius 1 is 1.25 bits per heavy atom. The minimum atomic E-state index is -3.73. The number of benzene rings is 1. The van der Waals surface area contributed by atoms with Crippen LogP contribution in [0.4, 0.5) is 0 Å². The molecule has 0 bridgehead atoms. The molecular weight excluding hydrogens is 404 g/mol. The topological polar surface area (TPSA) is 92.8 Å². The number of halogens is 1. The van der Waals surface area contributed by atoms with Crippen LogP contribution in [0.25, 0.3) is 0 Å². The molecule has 28 heavy (non-hydrogen) atoms. The maximum Gasteiger partial charge on any atom is 0.340 e. The van der Waals surface area contributed by atoms with Crippen molar-refractivity contribution in [3.8, 4) is 0 Å². The zero-order valence-electron chi connectivity index (χ0n) is 16.4. The lowest BCUT2D eigenvalue weighted by Crippen LogP contribution is -2.38. The number of hydrogen-bond acceptors (Lipinski definition) is 5. The number of esters is 1. The van der Waals surface area contributed by atoms with E-state index in [0.717, 1.165) is 23.2 Å². The number of nitrogens with one attached hydrogen (secondary N) is 1. The summed E-state index contributed by atoms with van der Waals surface area (Å²) in [6, 6.07) is 3.80. The van der Waals surface area contributed by atoms with E-state index in [9.17, 15) is 18.0 Å². The first-order valence-corrected chi connectivity index (χ1v) is 11.2. The van der Waals surface area contributed by atoms with E-state index in [-0.39, 0.29) is 21.4 Å². The van der Waals surface area contributed by atoms with Crippen molar-refractivity contribution in [3.05, 3.63) is 28.8 Å². The van der Waals surface area contributed by atoms with Gasteiger partial charge in [0.05, 0.1) is 15.5 Å². The minimum Gasteiger partial charge on any atom is -0.449 e. The molecule has 9 heteroatoms. The number of nitrogens with zero attached hydrogens (tertiary/aromatic N) is 1. The van der Waals surface area contributed by atoms with E-state index in [1.165, 1.54) is 52.4 Å². The van der Waals surface area contributed by atoms with Crippen molar-refractivity contribution in [3.63, 3.8) is 0 Å². The normalized spacial score (nSPS) is 16.6. The van der Waals surface area contributed by atoms with Crippen molar-refractivity contribution >= 4 is 33.5 Å². The Morgan fingerprint density at radius 2 is 1.89 bits per heavy atom. The highest BCUT2D eigenvalue weighted by Gasteiger charge is 2.25. The molecule has 0 aromatic heterocycles. The molecule has 1 aromatic carbocycles. The molecule has 0 saturated heterocycles. The van der Waals surface area contributed by atoms with E-state index in [1.807, 2.05) is 0 Å². The molecule has 0 heterocycles. The summed E-state index contributed by atoms with van der Waals surface area (Å²) >= 11 is 6.04. The van der Waals surface area contributed by atoms with Crippen LogP contribution in [0.1, 0.15) is 49.4 Å². The molecule has 0 spiro atoms. The van der Waals surface area contributed by atoms with E-state index in [0.29, 0.717) is 12.5 Å². The van der Waals surface area contributed by atoms with Crippen molar-refractivity contribution < 1.29 is 22.7 Å². The van der Waals surface area contributed by atoms with Crippen LogP contribution in [-0.2, 0) is 19.6 Å². The van der Waals surface area contributed by atoms with Gasteiger partial charge >= 0.3 is 5.97 Å². The van der Waals surface area contributed by atoms with Gasteiger partial charge in [-0.25, -0.2) is 17.5 Å². The monoisotopic (exact) mass is 430 g/mol. The number of ether oxygens (including phenoxy) is 1. The molecule has 0 radical (unpaired) electrons. The predicted molar refractivity (Wildman–Crippen MR) is 107 cm³/mol. The predicted octanol–water partition coefficient (Wildman–Crippen LogP) is 2.83. The Hall–Kier alpha value is -1.64. The Morgan fingerprint density at radius 3 is 2.50 bits per heavy atom. The van der Waals surface area contributed by atoms with Gasteiger partial charge in [-0.05, 0) is 43.9 Å². The summed E-state index contributed by atoms with van der Waals surface area (Å²) < 4.78 is 30.7. The summed E-state index contributed by atoms with van der Waals surface area (Å²) in [4.78, 5) is 24.6. The summed E-state index contributed by atoms with van der Waals surface area (Å²) in [7, 11) is -0.949. The fourth-order valence-corrected chi connectivity index (χ4v) is 4.21. The van der Waals surface area contributed by atoms with E-state index in [2.05, 4.69) is 5.32 Å². The number of hydrogen-bond donors (Lipinski definition) is 1. The van der Waals surface area contributed by atoms with Gasteiger partial charge in [0.1, 0.15) is 0 Å². The Kier molecular flexibility index (Phi) is 7.86. The summed E-state index contributed by atoms with van der Waals surface area (Å²) in [6.45, 7) is 2.04. The highest BCUT2D eigenvalue weighted by atomic mass is 35.5. The third kappa shape index (κ3) is 5.68. The van der Waals surface area contributed by atoms with Crippen LogP contribution in [0, 0.1) is 5.92 Å². The van der Waals surface area contributed by atoms with Gasteiger partial charge in [0.25, 0.3) is 5.91 Å². The Labute approximate surface area is 171 Å². The molecule has 1 amide bonds. The second kappa shape index (κ2) is 9.71. The van der Waals surface area contributed by atoms with Crippen LogP contribution in [0.3, 0.4) is 0 Å². The smallest absolute Gasteiger partial charge is 0.340 e. The van der Waals surface area contributed by atoms with E-state index >= 15 is 0 Å². The van der Waals surface area contributed by atoms with Gasteiger partial charge in [-0.1, -0.05) is 30.9 Å². The molecule has 156 valence electrons. The molecule has 1 aromatic rings. The number of carbonyl (C=O) groups is 2. The summed E-state index contributed by atoms with van der Waals surface area (Å²) in [6.07, 6.45) is 4.77. The molecule has 7 nitrogen and oxygen atoms in total. The van der Waals surface area contributed by atoms with E-state index in [4.69, 9.17) is 16.3 Å². The second-order valence-corrected chi connectivity index (χ2v) is 9.78. The number of rotatable bonds is 7. The van der Waals surface area contributed by atoms with Crippen LogP contribution < -0.4 is 5.32 Å². The van der Waals surface area contributed by atoms with Crippen molar-refractivity contribution in [2.24, 2.45) is 5.92 Å². The molecular formula is C19H27ClN2O5S. The number of carbonyl (C=O) groups excluding carboxylic acids is 2. The molecule has 1 unspecified atom stereocenters. The summed E-state index contributed by atoms with van der Waals surface area (Å²) in [5.74, 6) is -0.767. The van der Waals surface area contributed by atoms with Crippen LogP contribution in [0.15, 0.2) is 23.1 Å². The third-order valence-electron chi connectivity index (χ3n) is 4.88. The van der Waals surface area contributed by atoms with Gasteiger partial charge in [-0.15, -0.1) is 0 Å². The largest absolute Gasteiger partial charge is 0.449 e. The van der Waals surface area contributed by atoms with Crippen LogP contribution in [-0.4, -0.2) is 51.3 Å². The fourth-order valence-electron chi connectivity index (χ4n) is 3.09. The maximum atomic E-state index is 12.4. The lowest BCUT2D eigenvalue weighted by atomic mass is 9.89. The second-order valence-electron chi connectivity index (χ2n) is 7.23. The average molecular weight is 431 g/mol. The standard InChI is InChI=1S/C19H27ClN2O5S/c1-13(18(23)21-12-14-7-5-4-6-8-14)27-19(24)16-11-15(9-10-17(16)20)28(25,26)22(2)3/h9-11,13-14H,4-8,12H2,1-3H3,(H,21,23). The summed E-state index contributed by atoms with van der Waals surface area (Å²) in [5, 5.41) is 2.88. The first-order valence-electron chi connectivity index (χ1n) is 9.33. The fraction of sp³-hybridized carbons (Fsp3) is 0.579. The molecule has 1 saturated carbocycles. The zero-order chi connectivity index (χ0) is 20.9. The average Bonchev–Trinajstić information content (AvgIpc) is 2.66. The van der Waals surface area contributed by atoms with Crippen molar-refractivity contribution in [2.45, 2.75) is 50.0 Å². The van der Waals surface area contributed by atoms with Gasteiger partial charge < -0.3 is 10.1 Å². The van der Waals surface area contributed by atoms with Crippen LogP contribution in [0.2, 0.25) is 5.02 Å². The molecule has 0 aliphatic heterocycles. The molecule has 1 fully saturated rings. The van der Waals surface area contributed by atoms with Crippen molar-refractivity contribution in [1.29, 1.82) is 0 Å². The van der Waals surface area contributed by atoms with E-state index in [1.54, 1.807) is 0 Å². The minimum absolute atomic E-state index is 0.0533. The first kappa shape index (κ1) is 22.6. The van der Waals surface area contributed by atoms with Gasteiger partial charge in [-0.2, -0.15) is 0 Å². The highest BCUT2D eigenvalue weighted by molar-refractivity contribution is 7.89. The molecule has 1 aliphatic carbocycles. The third-order valence-corrected chi connectivity index (χ3v) is 7.02. The van der Waals surface area contributed by atoms with E-state index < -0.39 is 22.1 Å². The van der Waals surface area contributed by atoms with Gasteiger partial charge in [0, 0.05) is 20.6 Å². The van der Waals surface area contributed by atoms with Crippen molar-refractivity contribution in [2.75, 3.05) is 20.6 Å². The number of amides is 1.